The molecule has 622 valence electrons. The number of aryl methyl sites for hydroxylation is 1. The summed E-state index contributed by atoms with van der Waals surface area (Å²) in [4.78, 5) is 30.7. The number of benzene rings is 1. The second-order valence-electron chi connectivity index (χ2n) is 41.7. The molecule has 0 saturated carbocycles. The Morgan fingerprint density at radius 3 is 0.942 bits per heavy atom. The minimum absolute atomic E-state index is 0. The van der Waals surface area contributed by atoms with E-state index in [0.29, 0.717) is 11.2 Å². The molecule has 5 atom stereocenters. The molecule has 3 rings (SSSR count). The largest absolute Gasteiger partial charge is 0.484 e. The lowest BCUT2D eigenvalue weighted by molar-refractivity contribution is -0.00790. The monoisotopic (exact) mass is 1520 g/mol. The number of ether oxygens (including phenoxy) is 3. The highest BCUT2D eigenvalue weighted by molar-refractivity contribution is 7.53. The standard InChI is InChI=1S/C27H59N5.C22H47N3.C19H32O3.C14H32O8P2.CH4/c1-24(2,3)29-16-14-28(13)15-17-30(25(4,5)6)19-21-32(27(10,11)12)23-22-31(20-18-29)26(7,8)9;1-20(2,3)19-11-13-23(10)15-16-25(22(7,8)9)18-17-24(14-12-19)21(4,5)6;1-13-11-14(20-17(2,3)4)16(22-19(8,9)10)15(12-13)21-18(5,6)7;1-13(2,3)11(9-15)21-23(8,16)20-10-12(14(4,5)6)22-24(17,18)19-7;/h14-23H2,1-13H3;19H,11-18H2,1-10H3;11-12H,1-10H3;11-12,15H,9-10H2,1-8H3,(H,17,18);1H4. The Kier molecular flexibility index (Phi) is 42.1. The molecule has 0 amide bonds. The first-order valence-corrected chi connectivity index (χ1v) is 42.4. The molecule has 2 aliphatic rings. The van der Waals surface area contributed by atoms with Gasteiger partial charge in [-0.1, -0.05) is 69.7 Å². The molecule has 5 unspecified atom stereocenters. The van der Waals surface area contributed by atoms with E-state index in [1.54, 1.807) is 20.8 Å². The van der Waals surface area contributed by atoms with Crippen LogP contribution in [0.2, 0.25) is 0 Å². The van der Waals surface area contributed by atoms with E-state index in [-0.39, 0.29) is 70.7 Å². The number of hydrogen-bond acceptors (Lipinski definition) is 18. The van der Waals surface area contributed by atoms with Gasteiger partial charge in [0.2, 0.25) is 5.75 Å². The highest BCUT2D eigenvalue weighted by atomic mass is 31.2. The van der Waals surface area contributed by atoms with Gasteiger partial charge in [0, 0.05) is 139 Å². The van der Waals surface area contributed by atoms with Crippen molar-refractivity contribution < 1.29 is 51.4 Å². The van der Waals surface area contributed by atoms with Crippen molar-refractivity contribution >= 4 is 15.4 Å². The highest BCUT2D eigenvalue weighted by Crippen LogP contribution is 2.51. The normalized spacial score (nSPS) is 20.8. The van der Waals surface area contributed by atoms with Crippen LogP contribution in [0.15, 0.2) is 12.1 Å². The van der Waals surface area contributed by atoms with Crippen LogP contribution < -0.4 is 14.2 Å². The van der Waals surface area contributed by atoms with E-state index in [9.17, 15) is 19.1 Å². The lowest BCUT2D eigenvalue weighted by Crippen LogP contribution is -2.54. The third-order valence-electron chi connectivity index (χ3n) is 19.1. The molecule has 2 saturated heterocycles. The Labute approximate surface area is 644 Å². The molecule has 2 heterocycles. The zero-order valence-electron chi connectivity index (χ0n) is 75.1. The summed E-state index contributed by atoms with van der Waals surface area (Å²) in [5.74, 6) is 2.91. The molecule has 2 aliphatic heterocycles. The van der Waals surface area contributed by atoms with Gasteiger partial charge in [-0.3, -0.25) is 43.0 Å². The van der Waals surface area contributed by atoms with Crippen LogP contribution in [0.3, 0.4) is 0 Å². The van der Waals surface area contributed by atoms with Crippen molar-refractivity contribution in [3.8, 4) is 17.2 Å². The number of aliphatic hydroxyl groups is 1. The van der Waals surface area contributed by atoms with E-state index in [0.717, 1.165) is 109 Å². The van der Waals surface area contributed by atoms with Crippen LogP contribution in [0.5, 0.6) is 17.2 Å². The number of phosphoric ester groups is 1. The Balaban J connectivity index is 0. The summed E-state index contributed by atoms with van der Waals surface area (Å²) >= 11 is 0. The molecule has 104 heavy (non-hydrogen) atoms. The van der Waals surface area contributed by atoms with Crippen LogP contribution in [-0.4, -0.2) is 257 Å². The first-order valence-electron chi connectivity index (χ1n) is 38.9. The fourth-order valence-electron chi connectivity index (χ4n) is 12.0. The molecular weight excluding hydrogens is 1350 g/mol. The first-order chi connectivity index (χ1) is 45.7. The van der Waals surface area contributed by atoms with Crippen LogP contribution in [0, 0.1) is 29.1 Å². The summed E-state index contributed by atoms with van der Waals surface area (Å²) in [6, 6.07) is 4.00. The second kappa shape index (κ2) is 41.9. The van der Waals surface area contributed by atoms with Crippen LogP contribution in [0.4, 0.5) is 0 Å². The summed E-state index contributed by atoms with van der Waals surface area (Å²) in [6.45, 7) is 100. The maximum Gasteiger partial charge on any atom is 0.472 e. The predicted molar refractivity (Wildman–Crippen MR) is 446 cm³/mol. The van der Waals surface area contributed by atoms with E-state index < -0.39 is 38.5 Å². The van der Waals surface area contributed by atoms with Crippen molar-refractivity contribution in [3.63, 3.8) is 0 Å². The SMILES string of the molecule is C.CN1CCC(C(C)(C)C)CCN(C(C)(C)C)CCN(C(C)(C)C)CC1.CN1CCN(C(C)(C)C)CCN(C(C)(C)C)CCN(C(C)(C)C)CCN(C(C)(C)C)CC1.COP(=O)(O)OC(COP(C)(=O)OC(CO)C(C)(C)C)C(C)(C)C.Cc1cc(OC(C)(C)C)c(OC(C)(C)C)c(OC(C)(C)C)c1. The minimum Gasteiger partial charge on any atom is -0.484 e. The van der Waals surface area contributed by atoms with Gasteiger partial charge in [-0.15, -0.1) is 0 Å². The van der Waals surface area contributed by atoms with Crippen LogP contribution in [0.1, 0.15) is 275 Å². The van der Waals surface area contributed by atoms with Crippen molar-refractivity contribution in [2.75, 3.05) is 146 Å². The lowest BCUT2D eigenvalue weighted by Gasteiger charge is -2.44. The van der Waals surface area contributed by atoms with E-state index in [1.165, 1.54) is 45.7 Å². The molecule has 1 aromatic rings. The number of likely N-dealkylation sites (N-methyl/N-ethyl adjacent to an activating group) is 2. The maximum atomic E-state index is 12.5. The fraction of sp³-hybridized carbons (Fsp3) is 0.928. The second-order valence-corrected chi connectivity index (χ2v) is 45.3. The van der Waals surface area contributed by atoms with Crippen molar-refractivity contribution in [1.82, 2.24) is 39.2 Å². The van der Waals surface area contributed by atoms with E-state index in [2.05, 4.69) is 203 Å². The average Bonchev–Trinajstić information content (AvgIpc) is 0.836. The Morgan fingerprint density at radius 1 is 0.423 bits per heavy atom. The van der Waals surface area contributed by atoms with Crippen molar-refractivity contribution in [2.45, 2.75) is 339 Å². The molecule has 0 spiro atoms. The van der Waals surface area contributed by atoms with Gasteiger partial charge in [0.05, 0.1) is 25.4 Å². The van der Waals surface area contributed by atoms with Gasteiger partial charge in [0.1, 0.15) is 16.8 Å². The number of nitrogens with zero attached hydrogens (tertiary/aromatic N) is 8. The number of phosphoric acid groups is 1. The maximum absolute atomic E-state index is 12.5. The molecule has 0 bridgehead atoms. The quantitative estimate of drug-likeness (QED) is 0.190. The van der Waals surface area contributed by atoms with Gasteiger partial charge in [0.15, 0.2) is 11.5 Å². The summed E-state index contributed by atoms with van der Waals surface area (Å²) in [6.07, 6.45) is 1.09. The van der Waals surface area contributed by atoms with Gasteiger partial charge in [-0.2, -0.15) is 0 Å². The van der Waals surface area contributed by atoms with E-state index in [1.807, 2.05) is 102 Å². The lowest BCUT2D eigenvalue weighted by atomic mass is 9.76. The summed E-state index contributed by atoms with van der Waals surface area (Å²) in [5, 5.41) is 9.40. The van der Waals surface area contributed by atoms with Crippen LogP contribution in [-0.2, 0) is 27.2 Å². The smallest absolute Gasteiger partial charge is 0.472 e. The molecule has 21 heteroatoms. The summed E-state index contributed by atoms with van der Waals surface area (Å²) in [7, 11) is -2.08. The van der Waals surface area contributed by atoms with Crippen molar-refractivity contribution in [2.24, 2.45) is 22.2 Å². The van der Waals surface area contributed by atoms with Gasteiger partial charge >= 0.3 is 15.4 Å². The Hall–Kier alpha value is -1.48. The predicted octanol–water partition coefficient (Wildman–Crippen LogP) is 18.5. The Morgan fingerprint density at radius 2 is 0.692 bits per heavy atom. The van der Waals surface area contributed by atoms with Crippen molar-refractivity contribution in [1.29, 1.82) is 0 Å². The molecule has 1 aromatic carbocycles. The molecule has 0 radical (unpaired) electrons. The van der Waals surface area contributed by atoms with Gasteiger partial charge in [-0.05, 0) is 274 Å². The number of rotatable bonds is 12. The van der Waals surface area contributed by atoms with E-state index >= 15 is 0 Å². The number of aliphatic hydroxyl groups excluding tert-OH is 1. The topological polar surface area (TPSA) is 165 Å². The molecule has 2 fully saturated rings. The average molecular weight is 1520 g/mol. The van der Waals surface area contributed by atoms with Crippen LogP contribution in [0.25, 0.3) is 0 Å². The molecule has 19 nitrogen and oxygen atoms in total. The first kappa shape index (κ1) is 105. The van der Waals surface area contributed by atoms with Gasteiger partial charge in [-0.25, -0.2) is 4.57 Å². The zero-order valence-corrected chi connectivity index (χ0v) is 76.9. The third kappa shape index (κ3) is 44.5. The fourth-order valence-corrected chi connectivity index (χ4v) is 14.1. The molecular formula is C83H174N8O11P2. The Bertz CT molecular complexity index is 2540. The summed E-state index contributed by atoms with van der Waals surface area (Å²) < 4.78 is 62.8. The molecule has 2 N–H and O–H groups in total. The van der Waals surface area contributed by atoms with Crippen LogP contribution >= 0.6 is 15.4 Å². The van der Waals surface area contributed by atoms with Crippen molar-refractivity contribution in [3.05, 3.63) is 17.7 Å². The van der Waals surface area contributed by atoms with E-state index in [4.69, 9.17) is 27.8 Å². The number of hydrogen-bond donors (Lipinski definition) is 2. The molecule has 0 aliphatic carbocycles. The third-order valence-corrected chi connectivity index (χ3v) is 21.3. The van der Waals surface area contributed by atoms with Gasteiger partial charge < -0.3 is 43.1 Å². The minimum atomic E-state index is -4.22. The molecule has 0 aromatic heterocycles. The zero-order chi connectivity index (χ0) is 81.2. The summed E-state index contributed by atoms with van der Waals surface area (Å²) in [5.41, 5.74) is 0.747. The highest BCUT2D eigenvalue weighted by Gasteiger charge is 2.39. The van der Waals surface area contributed by atoms with Gasteiger partial charge in [0.25, 0.3) is 0 Å².